The third-order valence-corrected chi connectivity index (χ3v) is 6.78. The first-order valence-corrected chi connectivity index (χ1v) is 8.67. The van der Waals surface area contributed by atoms with Gasteiger partial charge >= 0.3 is 0 Å². The summed E-state index contributed by atoms with van der Waals surface area (Å²) in [4.78, 5) is 0. The van der Waals surface area contributed by atoms with Crippen LogP contribution in [-0.4, -0.2) is 46.5 Å². The van der Waals surface area contributed by atoms with Gasteiger partial charge in [-0.1, -0.05) is 0 Å². The fourth-order valence-corrected chi connectivity index (χ4v) is 5.27. The SMILES string of the molecule is CNCC1CCN(S(=O)(=O)c2sccc2OC)CC1. The van der Waals surface area contributed by atoms with Gasteiger partial charge in [-0.25, -0.2) is 8.42 Å². The number of ether oxygens (including phenoxy) is 1. The third kappa shape index (κ3) is 3.10. The number of piperidine rings is 1. The summed E-state index contributed by atoms with van der Waals surface area (Å²) in [6, 6.07) is 1.70. The van der Waals surface area contributed by atoms with Crippen LogP contribution in [0.5, 0.6) is 5.75 Å². The van der Waals surface area contributed by atoms with Gasteiger partial charge in [0.15, 0.2) is 4.21 Å². The Bertz CT molecular complexity index is 505. The molecule has 0 bridgehead atoms. The molecule has 1 aliphatic heterocycles. The van der Waals surface area contributed by atoms with E-state index in [1.165, 1.54) is 18.4 Å². The first kappa shape index (κ1) is 14.8. The molecule has 108 valence electrons. The first-order chi connectivity index (χ1) is 9.09. The van der Waals surface area contributed by atoms with E-state index in [0.717, 1.165) is 19.4 Å². The average molecular weight is 304 g/mol. The van der Waals surface area contributed by atoms with Gasteiger partial charge < -0.3 is 10.1 Å². The summed E-state index contributed by atoms with van der Waals surface area (Å²) in [7, 11) is 0.0370. The molecule has 1 fully saturated rings. The number of hydrogen-bond acceptors (Lipinski definition) is 5. The molecule has 0 atom stereocenters. The van der Waals surface area contributed by atoms with E-state index in [-0.39, 0.29) is 0 Å². The second-order valence-electron chi connectivity index (χ2n) is 4.68. The van der Waals surface area contributed by atoms with Gasteiger partial charge in [-0.2, -0.15) is 4.31 Å². The van der Waals surface area contributed by atoms with Crippen molar-refractivity contribution in [1.82, 2.24) is 9.62 Å². The highest BCUT2D eigenvalue weighted by Crippen LogP contribution is 2.33. The van der Waals surface area contributed by atoms with Crippen LogP contribution < -0.4 is 10.1 Å². The molecule has 2 rings (SSSR count). The van der Waals surface area contributed by atoms with Crippen molar-refractivity contribution in [3.63, 3.8) is 0 Å². The molecule has 0 amide bonds. The Balaban J connectivity index is 2.10. The molecule has 1 aliphatic rings. The van der Waals surface area contributed by atoms with Crippen LogP contribution in [0.25, 0.3) is 0 Å². The largest absolute Gasteiger partial charge is 0.494 e. The summed E-state index contributed by atoms with van der Waals surface area (Å²) in [6.07, 6.45) is 1.82. The van der Waals surface area contributed by atoms with Crippen LogP contribution in [0, 0.1) is 5.92 Å². The molecule has 1 aromatic heterocycles. The minimum atomic E-state index is -3.39. The van der Waals surface area contributed by atoms with Gasteiger partial charge in [-0.15, -0.1) is 11.3 Å². The Morgan fingerprint density at radius 2 is 2.16 bits per heavy atom. The topological polar surface area (TPSA) is 58.6 Å². The van der Waals surface area contributed by atoms with E-state index in [2.05, 4.69) is 5.32 Å². The van der Waals surface area contributed by atoms with Crippen molar-refractivity contribution in [1.29, 1.82) is 0 Å². The van der Waals surface area contributed by atoms with Crippen molar-refractivity contribution in [2.45, 2.75) is 17.1 Å². The Morgan fingerprint density at radius 1 is 1.47 bits per heavy atom. The number of rotatable bonds is 5. The van der Waals surface area contributed by atoms with E-state index in [1.54, 1.807) is 15.8 Å². The van der Waals surface area contributed by atoms with Crippen LogP contribution in [0.2, 0.25) is 0 Å². The summed E-state index contributed by atoms with van der Waals surface area (Å²) < 4.78 is 32.1. The van der Waals surface area contributed by atoms with Crippen molar-refractivity contribution in [3.8, 4) is 5.75 Å². The number of sulfonamides is 1. The molecule has 0 aliphatic carbocycles. The predicted octanol–water partition coefficient (Wildman–Crippen LogP) is 1.38. The van der Waals surface area contributed by atoms with Crippen LogP contribution >= 0.6 is 11.3 Å². The number of nitrogens with one attached hydrogen (secondary N) is 1. The summed E-state index contributed by atoms with van der Waals surface area (Å²) in [5, 5.41) is 4.90. The lowest BCUT2D eigenvalue weighted by Crippen LogP contribution is -2.40. The van der Waals surface area contributed by atoms with Crippen LogP contribution in [0.1, 0.15) is 12.8 Å². The maximum atomic E-state index is 12.5. The highest BCUT2D eigenvalue weighted by atomic mass is 32.2. The second-order valence-corrected chi connectivity index (χ2v) is 7.73. The molecule has 1 aromatic rings. The van der Waals surface area contributed by atoms with E-state index < -0.39 is 10.0 Å². The van der Waals surface area contributed by atoms with Crippen molar-refractivity contribution in [3.05, 3.63) is 11.4 Å². The number of nitrogens with zero attached hydrogens (tertiary/aromatic N) is 1. The number of thiophene rings is 1. The van der Waals surface area contributed by atoms with Crippen molar-refractivity contribution in [2.24, 2.45) is 5.92 Å². The molecule has 19 heavy (non-hydrogen) atoms. The molecular formula is C12H20N2O3S2. The minimum absolute atomic E-state index is 0.321. The lowest BCUT2D eigenvalue weighted by molar-refractivity contribution is 0.270. The fraction of sp³-hybridized carbons (Fsp3) is 0.667. The Morgan fingerprint density at radius 3 is 2.74 bits per heavy atom. The molecule has 0 unspecified atom stereocenters. The van der Waals surface area contributed by atoms with Gasteiger partial charge in [0.2, 0.25) is 0 Å². The summed E-state index contributed by atoms with van der Waals surface area (Å²) in [5.74, 6) is 1.02. The van der Waals surface area contributed by atoms with E-state index in [4.69, 9.17) is 4.74 Å². The normalized spacial score (nSPS) is 18.6. The van der Waals surface area contributed by atoms with Gasteiger partial charge in [0.05, 0.1) is 7.11 Å². The molecule has 0 spiro atoms. The lowest BCUT2D eigenvalue weighted by Gasteiger charge is -2.30. The average Bonchev–Trinajstić information content (AvgIpc) is 2.89. The molecule has 0 saturated carbocycles. The fourth-order valence-electron chi connectivity index (χ4n) is 2.38. The third-order valence-electron chi connectivity index (χ3n) is 3.46. The van der Waals surface area contributed by atoms with Crippen LogP contribution in [0.3, 0.4) is 0 Å². The molecule has 5 nitrogen and oxygen atoms in total. The molecule has 2 heterocycles. The van der Waals surface area contributed by atoms with Crippen LogP contribution in [-0.2, 0) is 10.0 Å². The molecule has 0 aromatic carbocycles. The molecule has 1 N–H and O–H groups in total. The smallest absolute Gasteiger partial charge is 0.256 e. The maximum absolute atomic E-state index is 12.5. The van der Waals surface area contributed by atoms with Crippen molar-refractivity contribution >= 4 is 21.4 Å². The number of methoxy groups -OCH3 is 1. The standard InChI is InChI=1S/C12H20N2O3S2/c1-13-9-10-3-6-14(7-4-10)19(15,16)12-11(17-2)5-8-18-12/h5,8,10,13H,3-4,6-7,9H2,1-2H3. The molecule has 7 heteroatoms. The summed E-state index contributed by atoms with van der Waals surface area (Å²) in [5.41, 5.74) is 0. The first-order valence-electron chi connectivity index (χ1n) is 6.35. The van der Waals surface area contributed by atoms with Crippen LogP contribution in [0.15, 0.2) is 15.7 Å². The van der Waals surface area contributed by atoms with Crippen LogP contribution in [0.4, 0.5) is 0 Å². The Hall–Kier alpha value is -0.630. The zero-order valence-electron chi connectivity index (χ0n) is 11.3. The highest BCUT2D eigenvalue weighted by Gasteiger charge is 2.32. The van der Waals surface area contributed by atoms with E-state index in [1.807, 2.05) is 7.05 Å². The minimum Gasteiger partial charge on any atom is -0.494 e. The Labute approximate surface area is 118 Å². The van der Waals surface area contributed by atoms with Crippen molar-refractivity contribution in [2.75, 3.05) is 33.8 Å². The quantitative estimate of drug-likeness (QED) is 0.893. The van der Waals surface area contributed by atoms with Gasteiger partial charge in [0.25, 0.3) is 10.0 Å². The number of hydrogen-bond donors (Lipinski definition) is 1. The maximum Gasteiger partial charge on any atom is 0.256 e. The molecular weight excluding hydrogens is 284 g/mol. The summed E-state index contributed by atoms with van der Waals surface area (Å²) >= 11 is 1.22. The molecule has 1 saturated heterocycles. The van der Waals surface area contributed by atoms with E-state index in [0.29, 0.717) is 29.0 Å². The van der Waals surface area contributed by atoms with Gasteiger partial charge in [0, 0.05) is 13.1 Å². The highest BCUT2D eigenvalue weighted by molar-refractivity contribution is 7.91. The van der Waals surface area contributed by atoms with Crippen molar-refractivity contribution < 1.29 is 13.2 Å². The zero-order chi connectivity index (χ0) is 13.9. The zero-order valence-corrected chi connectivity index (χ0v) is 12.9. The van der Waals surface area contributed by atoms with Gasteiger partial charge in [0.1, 0.15) is 5.75 Å². The lowest BCUT2D eigenvalue weighted by atomic mass is 9.98. The van der Waals surface area contributed by atoms with Gasteiger partial charge in [-0.05, 0) is 43.8 Å². The molecule has 0 radical (unpaired) electrons. The monoisotopic (exact) mass is 304 g/mol. The Kier molecular flexibility index (Phi) is 4.83. The van der Waals surface area contributed by atoms with E-state index >= 15 is 0 Å². The van der Waals surface area contributed by atoms with Gasteiger partial charge in [-0.3, -0.25) is 0 Å². The summed E-state index contributed by atoms with van der Waals surface area (Å²) in [6.45, 7) is 2.14. The second kappa shape index (κ2) is 6.21. The predicted molar refractivity (Wildman–Crippen MR) is 76.3 cm³/mol. The van der Waals surface area contributed by atoms with E-state index in [9.17, 15) is 8.42 Å².